The fraction of sp³-hybridized carbons (Fsp3) is 0.364. The number of benzene rings is 2. The zero-order valence-electron chi connectivity index (χ0n) is 18.0. The van der Waals surface area contributed by atoms with E-state index in [0.717, 1.165) is 12.8 Å². The number of amides is 1. The van der Waals surface area contributed by atoms with E-state index in [1.54, 1.807) is 36.4 Å². The maximum atomic E-state index is 12.4. The van der Waals surface area contributed by atoms with Crippen LogP contribution in [0, 0.1) is 0 Å². The lowest BCUT2D eigenvalue weighted by Crippen LogP contribution is -2.34. The molecule has 0 spiro atoms. The van der Waals surface area contributed by atoms with Gasteiger partial charge in [0, 0.05) is 17.3 Å². The Balaban J connectivity index is 1.91. The predicted molar refractivity (Wildman–Crippen MR) is 127 cm³/mol. The molecule has 0 fully saturated rings. The summed E-state index contributed by atoms with van der Waals surface area (Å²) in [4.78, 5) is 12.5. The normalized spacial score (nSPS) is 12.1. The van der Waals surface area contributed by atoms with Gasteiger partial charge >= 0.3 is 0 Å². The molecule has 0 saturated heterocycles. The van der Waals surface area contributed by atoms with Gasteiger partial charge in [-0.25, -0.2) is 13.1 Å². The van der Waals surface area contributed by atoms with E-state index in [9.17, 15) is 13.2 Å². The average Bonchev–Trinajstić information content (AvgIpc) is 2.74. The molecule has 2 aromatic rings. The van der Waals surface area contributed by atoms with Gasteiger partial charge in [-0.2, -0.15) is 0 Å². The summed E-state index contributed by atoms with van der Waals surface area (Å²) in [7, 11) is -3.57. The van der Waals surface area contributed by atoms with Crippen LogP contribution in [0.4, 0.5) is 5.69 Å². The fourth-order valence-corrected chi connectivity index (χ4v) is 4.05. The number of carbonyl (C=O) groups excluding carboxylic acids is 1. The van der Waals surface area contributed by atoms with Crippen molar-refractivity contribution >= 4 is 38.9 Å². The first kappa shape index (κ1) is 24.8. The Labute approximate surface area is 189 Å². The molecule has 1 atom stereocenters. The van der Waals surface area contributed by atoms with Gasteiger partial charge < -0.3 is 10.1 Å². The van der Waals surface area contributed by atoms with Crippen LogP contribution >= 0.6 is 12.2 Å². The second-order valence-electron chi connectivity index (χ2n) is 7.09. The third-order valence-corrected chi connectivity index (χ3v) is 6.31. The lowest BCUT2D eigenvalue weighted by atomic mass is 10.2. The van der Waals surface area contributed by atoms with Gasteiger partial charge in [0.05, 0.1) is 11.5 Å². The topological polar surface area (TPSA) is 96.5 Å². The molecule has 0 saturated carbocycles. The highest BCUT2D eigenvalue weighted by molar-refractivity contribution is 7.89. The summed E-state index contributed by atoms with van der Waals surface area (Å²) in [5.41, 5.74) is 1.01. The van der Waals surface area contributed by atoms with Gasteiger partial charge in [-0.3, -0.25) is 10.1 Å². The van der Waals surface area contributed by atoms with Crippen molar-refractivity contribution in [1.29, 1.82) is 0 Å². The maximum absolute atomic E-state index is 12.4. The molecule has 168 valence electrons. The summed E-state index contributed by atoms with van der Waals surface area (Å²) >= 11 is 5.19. The minimum absolute atomic E-state index is 0.113. The number of unbranched alkanes of at least 4 members (excludes halogenated alkanes) is 1. The molecule has 1 amide bonds. The molecular formula is C22H29N3O4S2. The number of ether oxygens (including phenoxy) is 1. The van der Waals surface area contributed by atoms with Crippen LogP contribution in [-0.2, 0) is 10.0 Å². The minimum atomic E-state index is -3.57. The summed E-state index contributed by atoms with van der Waals surface area (Å²) in [6.45, 7) is 6.45. The van der Waals surface area contributed by atoms with Crippen LogP contribution in [0.25, 0.3) is 0 Å². The summed E-state index contributed by atoms with van der Waals surface area (Å²) in [6.07, 6.45) is 2.73. The molecule has 0 bridgehead atoms. The number of sulfonamides is 1. The fourth-order valence-electron chi connectivity index (χ4n) is 2.51. The Bertz CT molecular complexity index is 975. The van der Waals surface area contributed by atoms with E-state index in [1.807, 2.05) is 13.8 Å². The second-order valence-corrected chi connectivity index (χ2v) is 9.21. The number of hydrogen-bond donors (Lipinski definition) is 3. The van der Waals surface area contributed by atoms with Gasteiger partial charge in [0.15, 0.2) is 5.11 Å². The Morgan fingerprint density at radius 3 is 2.29 bits per heavy atom. The van der Waals surface area contributed by atoms with Crippen LogP contribution in [0.1, 0.15) is 50.4 Å². The summed E-state index contributed by atoms with van der Waals surface area (Å²) in [5, 5.41) is 5.60. The number of anilines is 1. The van der Waals surface area contributed by atoms with Crippen LogP contribution in [-0.4, -0.2) is 32.1 Å². The lowest BCUT2D eigenvalue weighted by molar-refractivity contribution is 0.0977. The van der Waals surface area contributed by atoms with Gasteiger partial charge in [-0.15, -0.1) is 0 Å². The first-order chi connectivity index (χ1) is 14.7. The third kappa shape index (κ3) is 7.93. The molecule has 0 aliphatic rings. The molecule has 0 aliphatic carbocycles. The Kier molecular flexibility index (Phi) is 9.42. The van der Waals surface area contributed by atoms with Gasteiger partial charge in [0.25, 0.3) is 5.91 Å². The number of nitrogens with one attached hydrogen (secondary N) is 3. The van der Waals surface area contributed by atoms with Crippen molar-refractivity contribution in [2.24, 2.45) is 0 Å². The highest BCUT2D eigenvalue weighted by Crippen LogP contribution is 2.15. The summed E-state index contributed by atoms with van der Waals surface area (Å²) in [6, 6.07) is 12.8. The molecule has 31 heavy (non-hydrogen) atoms. The molecular weight excluding hydrogens is 434 g/mol. The monoisotopic (exact) mass is 463 g/mol. The van der Waals surface area contributed by atoms with E-state index in [-0.39, 0.29) is 22.0 Å². The van der Waals surface area contributed by atoms with Crippen molar-refractivity contribution in [3.8, 4) is 5.75 Å². The van der Waals surface area contributed by atoms with Crippen LogP contribution in [0.3, 0.4) is 0 Å². The van der Waals surface area contributed by atoms with E-state index in [0.29, 0.717) is 30.0 Å². The van der Waals surface area contributed by atoms with Crippen LogP contribution in [0.15, 0.2) is 53.4 Å². The van der Waals surface area contributed by atoms with E-state index in [1.165, 1.54) is 12.1 Å². The van der Waals surface area contributed by atoms with E-state index < -0.39 is 10.0 Å². The number of carbonyl (C=O) groups is 1. The minimum Gasteiger partial charge on any atom is -0.494 e. The first-order valence-corrected chi connectivity index (χ1v) is 12.1. The number of hydrogen-bond acceptors (Lipinski definition) is 5. The van der Waals surface area contributed by atoms with Gasteiger partial charge in [0.2, 0.25) is 10.0 Å². The predicted octanol–water partition coefficient (Wildman–Crippen LogP) is 4.07. The maximum Gasteiger partial charge on any atom is 0.257 e. The highest BCUT2D eigenvalue weighted by Gasteiger charge is 2.16. The van der Waals surface area contributed by atoms with Crippen LogP contribution in [0.2, 0.25) is 0 Å². The van der Waals surface area contributed by atoms with Crippen LogP contribution < -0.4 is 20.1 Å². The molecule has 7 nitrogen and oxygen atoms in total. The van der Waals surface area contributed by atoms with Crippen molar-refractivity contribution in [3.05, 3.63) is 54.1 Å². The molecule has 3 N–H and O–H groups in total. The SMILES string of the molecule is CCCCOc1ccc(C(=O)NC(=S)Nc2ccc(S(=O)(=O)NC(C)CC)cc2)cc1. The van der Waals surface area contributed by atoms with Crippen LogP contribution in [0.5, 0.6) is 5.75 Å². The first-order valence-electron chi connectivity index (χ1n) is 10.2. The number of thiocarbonyl (C=S) groups is 1. The van der Waals surface area contributed by atoms with E-state index >= 15 is 0 Å². The molecule has 0 aromatic heterocycles. The van der Waals surface area contributed by atoms with Crippen molar-refractivity contribution < 1.29 is 17.9 Å². The van der Waals surface area contributed by atoms with Gasteiger partial charge in [-0.1, -0.05) is 20.3 Å². The van der Waals surface area contributed by atoms with E-state index in [4.69, 9.17) is 17.0 Å². The molecule has 0 aliphatic heterocycles. The second kappa shape index (κ2) is 11.8. The van der Waals surface area contributed by atoms with Crippen molar-refractivity contribution in [2.75, 3.05) is 11.9 Å². The van der Waals surface area contributed by atoms with Crippen molar-refractivity contribution in [3.63, 3.8) is 0 Å². The van der Waals surface area contributed by atoms with E-state index in [2.05, 4.69) is 22.3 Å². The molecule has 2 rings (SSSR count). The number of rotatable bonds is 10. The van der Waals surface area contributed by atoms with Gasteiger partial charge in [0.1, 0.15) is 5.75 Å². The van der Waals surface area contributed by atoms with Crippen molar-refractivity contribution in [2.45, 2.75) is 51.0 Å². The largest absolute Gasteiger partial charge is 0.494 e. The summed E-state index contributed by atoms with van der Waals surface area (Å²) in [5.74, 6) is 0.359. The quantitative estimate of drug-likeness (QED) is 0.363. The molecule has 0 radical (unpaired) electrons. The molecule has 0 heterocycles. The average molecular weight is 464 g/mol. The molecule has 1 unspecified atom stereocenters. The molecule has 9 heteroatoms. The summed E-state index contributed by atoms with van der Waals surface area (Å²) < 4.78 is 32.8. The lowest BCUT2D eigenvalue weighted by Gasteiger charge is -2.13. The zero-order valence-corrected chi connectivity index (χ0v) is 19.6. The third-order valence-electron chi connectivity index (χ3n) is 4.50. The Morgan fingerprint density at radius 1 is 1.06 bits per heavy atom. The standard InChI is InChI=1S/C22H29N3O4S2/c1-4-6-15-29-19-11-7-17(8-12-19)21(26)24-22(30)23-18-9-13-20(14-10-18)31(27,28)25-16(3)5-2/h7-14,16,25H,4-6,15H2,1-3H3,(H2,23,24,26,30). The Morgan fingerprint density at radius 2 is 1.71 bits per heavy atom. The van der Waals surface area contributed by atoms with Crippen molar-refractivity contribution in [1.82, 2.24) is 10.0 Å². The Hall–Kier alpha value is -2.49. The smallest absolute Gasteiger partial charge is 0.257 e. The highest BCUT2D eigenvalue weighted by atomic mass is 32.2. The van der Waals surface area contributed by atoms with Gasteiger partial charge in [-0.05, 0) is 80.5 Å². The zero-order chi connectivity index (χ0) is 22.9. The molecule has 2 aromatic carbocycles.